The van der Waals surface area contributed by atoms with Crippen molar-refractivity contribution in [3.63, 3.8) is 0 Å². The number of carbonyl (C=O) groups is 2. The van der Waals surface area contributed by atoms with Crippen LogP contribution in [0.25, 0.3) is 0 Å². The second-order valence-corrected chi connectivity index (χ2v) is 9.48. The first-order valence-electron chi connectivity index (χ1n) is 9.20. The molecule has 0 unspecified atom stereocenters. The normalized spacial score (nSPS) is 15.5. The van der Waals surface area contributed by atoms with Gasteiger partial charge < -0.3 is 9.80 Å². The summed E-state index contributed by atoms with van der Waals surface area (Å²) in [4.78, 5) is 39.9. The Morgan fingerprint density at radius 3 is 2.20 bits per heavy atom. The molecule has 30 heavy (non-hydrogen) atoms. The molecule has 0 aliphatic carbocycles. The topological polar surface area (TPSA) is 118 Å². The van der Waals surface area contributed by atoms with Crippen LogP contribution in [0.3, 0.4) is 0 Å². The Kier molecular flexibility index (Phi) is 5.88. The van der Waals surface area contributed by atoms with Gasteiger partial charge in [-0.1, -0.05) is 18.2 Å². The van der Waals surface area contributed by atoms with Crippen LogP contribution < -0.4 is 4.90 Å². The number of nitro groups is 1. The van der Waals surface area contributed by atoms with Crippen LogP contribution in [0.1, 0.15) is 26.3 Å². The highest BCUT2D eigenvalue weighted by molar-refractivity contribution is 7.91. The summed E-state index contributed by atoms with van der Waals surface area (Å²) < 4.78 is 23.3. The maximum absolute atomic E-state index is 13.1. The Labute approximate surface area is 174 Å². The first-order valence-corrected chi connectivity index (χ1v) is 11.0. The third-order valence-corrected chi connectivity index (χ3v) is 6.56. The molecule has 1 aliphatic rings. The van der Waals surface area contributed by atoms with Crippen molar-refractivity contribution in [1.82, 2.24) is 4.90 Å². The predicted molar refractivity (Wildman–Crippen MR) is 112 cm³/mol. The highest BCUT2D eigenvalue weighted by Gasteiger charge is 2.29. The molecule has 1 fully saturated rings. The third kappa shape index (κ3) is 4.33. The molecular formula is C20H21N3O6S. The molecule has 0 spiro atoms. The fourth-order valence-corrected chi connectivity index (χ4v) is 4.50. The monoisotopic (exact) mass is 431 g/mol. The minimum Gasteiger partial charge on any atom is -0.372 e. The molecule has 1 heterocycles. The molecular weight excluding hydrogens is 410 g/mol. The molecule has 10 heteroatoms. The highest BCUT2D eigenvalue weighted by Crippen LogP contribution is 2.29. The van der Waals surface area contributed by atoms with Crippen molar-refractivity contribution in [2.75, 3.05) is 43.6 Å². The average Bonchev–Trinajstić information content (AvgIpc) is 2.72. The predicted octanol–water partition coefficient (Wildman–Crippen LogP) is 1.76. The number of anilines is 1. The number of hydrogen-bond donors (Lipinski definition) is 0. The van der Waals surface area contributed by atoms with Crippen molar-refractivity contribution >= 4 is 32.9 Å². The van der Waals surface area contributed by atoms with E-state index in [-0.39, 0.29) is 47.0 Å². The van der Waals surface area contributed by atoms with E-state index in [4.69, 9.17) is 0 Å². The zero-order valence-corrected chi connectivity index (χ0v) is 17.4. The quantitative estimate of drug-likeness (QED) is 0.402. The van der Waals surface area contributed by atoms with E-state index in [0.29, 0.717) is 5.69 Å². The van der Waals surface area contributed by atoms with E-state index in [0.717, 1.165) is 0 Å². The van der Waals surface area contributed by atoms with Gasteiger partial charge in [-0.25, -0.2) is 8.42 Å². The summed E-state index contributed by atoms with van der Waals surface area (Å²) in [5, 5.41) is 11.4. The third-order valence-electron chi connectivity index (χ3n) is 4.95. The summed E-state index contributed by atoms with van der Waals surface area (Å²) in [6.45, 7) is 0.124. The van der Waals surface area contributed by atoms with Gasteiger partial charge in [-0.05, 0) is 18.2 Å². The molecule has 0 aromatic heterocycles. The van der Waals surface area contributed by atoms with E-state index < -0.39 is 26.5 Å². The van der Waals surface area contributed by atoms with Crippen LogP contribution in [-0.4, -0.2) is 68.6 Å². The number of hydrogen-bond acceptors (Lipinski definition) is 7. The van der Waals surface area contributed by atoms with Crippen LogP contribution in [0.4, 0.5) is 11.4 Å². The Balaban J connectivity index is 1.96. The largest absolute Gasteiger partial charge is 0.372 e. The Morgan fingerprint density at radius 1 is 1.03 bits per heavy atom. The number of rotatable bonds is 5. The average molecular weight is 431 g/mol. The van der Waals surface area contributed by atoms with Crippen molar-refractivity contribution in [3.05, 3.63) is 69.3 Å². The van der Waals surface area contributed by atoms with E-state index in [1.807, 2.05) is 0 Å². The van der Waals surface area contributed by atoms with Crippen molar-refractivity contribution in [3.8, 4) is 0 Å². The molecule has 0 saturated carbocycles. The molecule has 0 bridgehead atoms. The Hall–Kier alpha value is -3.27. The minimum absolute atomic E-state index is 0.0622. The molecule has 1 aliphatic heterocycles. The number of nitro benzene ring substituents is 1. The first-order chi connectivity index (χ1) is 14.1. The number of ketones is 1. The lowest BCUT2D eigenvalue weighted by Crippen LogP contribution is -2.44. The van der Waals surface area contributed by atoms with Crippen LogP contribution in [0.15, 0.2) is 42.5 Å². The van der Waals surface area contributed by atoms with Crippen LogP contribution in [0.2, 0.25) is 0 Å². The Morgan fingerprint density at radius 2 is 1.63 bits per heavy atom. The molecule has 0 radical (unpaired) electrons. The van der Waals surface area contributed by atoms with Crippen LogP contribution >= 0.6 is 0 Å². The zero-order valence-electron chi connectivity index (χ0n) is 16.6. The van der Waals surface area contributed by atoms with E-state index in [9.17, 15) is 28.1 Å². The van der Waals surface area contributed by atoms with E-state index in [1.54, 1.807) is 31.1 Å². The van der Waals surface area contributed by atoms with Crippen molar-refractivity contribution in [2.24, 2.45) is 0 Å². The van der Waals surface area contributed by atoms with E-state index >= 15 is 0 Å². The number of carbonyl (C=O) groups excluding carboxylic acids is 2. The molecule has 2 aromatic carbocycles. The van der Waals surface area contributed by atoms with Crippen molar-refractivity contribution in [2.45, 2.75) is 0 Å². The SMILES string of the molecule is CN(C)c1ccc(C(=O)c2ccccc2C(=O)N2CCS(=O)(=O)CC2)cc1[N+](=O)[O-]. The lowest BCUT2D eigenvalue weighted by molar-refractivity contribution is -0.384. The lowest BCUT2D eigenvalue weighted by atomic mass is 9.97. The summed E-state index contributed by atoms with van der Waals surface area (Å²) in [5.74, 6) is -1.19. The molecule has 0 N–H and O–H groups in total. The summed E-state index contributed by atoms with van der Waals surface area (Å²) in [6, 6.07) is 10.4. The minimum atomic E-state index is -3.15. The van der Waals surface area contributed by atoms with E-state index in [2.05, 4.69) is 0 Å². The zero-order chi connectivity index (χ0) is 22.1. The molecule has 0 atom stereocenters. The van der Waals surface area contributed by atoms with Gasteiger partial charge in [0.05, 0.1) is 22.0 Å². The van der Waals surface area contributed by atoms with Crippen molar-refractivity contribution < 1.29 is 22.9 Å². The van der Waals surface area contributed by atoms with Gasteiger partial charge in [-0.2, -0.15) is 0 Å². The lowest BCUT2D eigenvalue weighted by Gasteiger charge is -2.27. The van der Waals surface area contributed by atoms with Gasteiger partial charge in [0.25, 0.3) is 11.6 Å². The summed E-state index contributed by atoms with van der Waals surface area (Å²) in [5.41, 5.74) is 0.490. The molecule has 9 nitrogen and oxygen atoms in total. The fourth-order valence-electron chi connectivity index (χ4n) is 3.30. The van der Waals surface area contributed by atoms with Gasteiger partial charge in [0.1, 0.15) is 5.69 Å². The van der Waals surface area contributed by atoms with Crippen LogP contribution in [0.5, 0.6) is 0 Å². The van der Waals surface area contributed by atoms with Gasteiger partial charge in [-0.15, -0.1) is 0 Å². The second kappa shape index (κ2) is 8.23. The molecule has 1 amide bonds. The first kappa shape index (κ1) is 21.4. The fraction of sp³-hybridized carbons (Fsp3) is 0.300. The summed E-state index contributed by atoms with van der Waals surface area (Å²) in [7, 11) is 0.173. The molecule has 2 aromatic rings. The molecule has 3 rings (SSSR count). The van der Waals surface area contributed by atoms with Gasteiger partial charge in [-0.3, -0.25) is 19.7 Å². The van der Waals surface area contributed by atoms with E-state index in [1.165, 1.54) is 35.2 Å². The van der Waals surface area contributed by atoms with Crippen LogP contribution in [0, 0.1) is 10.1 Å². The number of nitrogens with zero attached hydrogens (tertiary/aromatic N) is 3. The van der Waals surface area contributed by atoms with Gasteiger partial charge in [0, 0.05) is 44.4 Å². The van der Waals surface area contributed by atoms with Gasteiger partial charge in [0.15, 0.2) is 15.6 Å². The number of benzene rings is 2. The molecule has 1 saturated heterocycles. The maximum atomic E-state index is 13.1. The smallest absolute Gasteiger partial charge is 0.293 e. The van der Waals surface area contributed by atoms with Gasteiger partial charge in [0.2, 0.25) is 0 Å². The second-order valence-electron chi connectivity index (χ2n) is 7.17. The maximum Gasteiger partial charge on any atom is 0.293 e. The molecule has 158 valence electrons. The summed E-state index contributed by atoms with van der Waals surface area (Å²) in [6.07, 6.45) is 0. The number of amides is 1. The Bertz CT molecular complexity index is 1110. The van der Waals surface area contributed by atoms with Crippen LogP contribution in [-0.2, 0) is 9.84 Å². The highest BCUT2D eigenvalue weighted by atomic mass is 32.2. The number of sulfone groups is 1. The van der Waals surface area contributed by atoms with Gasteiger partial charge >= 0.3 is 0 Å². The standard InChI is InChI=1S/C20H21N3O6S/c1-21(2)17-8-7-14(13-18(17)23(26)27)19(24)15-5-3-4-6-16(15)20(25)22-9-11-30(28,29)12-10-22/h3-8,13H,9-12H2,1-2H3. The summed E-state index contributed by atoms with van der Waals surface area (Å²) >= 11 is 0. The van der Waals surface area contributed by atoms with Crippen molar-refractivity contribution in [1.29, 1.82) is 0 Å².